The van der Waals surface area contributed by atoms with E-state index in [1.54, 1.807) is 11.9 Å². The summed E-state index contributed by atoms with van der Waals surface area (Å²) in [5.41, 5.74) is 5.27. The molecule has 2 aromatic heterocycles. The van der Waals surface area contributed by atoms with Gasteiger partial charge < -0.3 is 29.4 Å². The zero-order valence-corrected chi connectivity index (χ0v) is 22.7. The van der Waals surface area contributed by atoms with Gasteiger partial charge in [0.15, 0.2) is 0 Å². The third-order valence-corrected chi connectivity index (χ3v) is 8.52. The molecule has 0 aliphatic carbocycles. The summed E-state index contributed by atoms with van der Waals surface area (Å²) in [6.07, 6.45) is 4.36. The van der Waals surface area contributed by atoms with Crippen molar-refractivity contribution >= 4 is 29.1 Å². The zero-order valence-electron chi connectivity index (χ0n) is 22.7. The molecule has 0 bridgehead atoms. The van der Waals surface area contributed by atoms with Crippen molar-refractivity contribution < 1.29 is 24.2 Å². The van der Waals surface area contributed by atoms with Crippen LogP contribution in [-0.4, -0.2) is 88.6 Å². The molecular formula is C30H35N5O5. The molecular weight excluding hydrogens is 510 g/mol. The van der Waals surface area contributed by atoms with Crippen molar-refractivity contribution in [2.45, 2.75) is 44.4 Å². The molecule has 2 saturated heterocycles. The summed E-state index contributed by atoms with van der Waals surface area (Å²) in [5, 5.41) is 13.4. The Labute approximate surface area is 232 Å². The van der Waals surface area contributed by atoms with Gasteiger partial charge in [-0.1, -0.05) is 6.07 Å². The first-order chi connectivity index (χ1) is 19.5. The number of amides is 2. The Bertz CT molecular complexity index is 1450. The van der Waals surface area contributed by atoms with Crippen molar-refractivity contribution in [1.29, 1.82) is 0 Å². The maximum absolute atomic E-state index is 13.3. The summed E-state index contributed by atoms with van der Waals surface area (Å²) in [6, 6.07) is 9.60. The van der Waals surface area contributed by atoms with Gasteiger partial charge in [-0.3, -0.25) is 14.5 Å². The van der Waals surface area contributed by atoms with Crippen molar-refractivity contribution in [3.63, 3.8) is 0 Å². The maximum Gasteiger partial charge on any atom is 0.255 e. The third-order valence-electron chi connectivity index (χ3n) is 8.52. The highest BCUT2D eigenvalue weighted by Gasteiger charge is 2.36. The van der Waals surface area contributed by atoms with E-state index >= 15 is 0 Å². The molecule has 1 aromatic carbocycles. The Hall–Kier alpha value is -3.60. The number of hydrogen-bond donors (Lipinski definition) is 2. The Morgan fingerprint density at radius 2 is 2.12 bits per heavy atom. The van der Waals surface area contributed by atoms with Crippen LogP contribution in [0.25, 0.3) is 22.3 Å². The van der Waals surface area contributed by atoms with E-state index in [2.05, 4.69) is 33.1 Å². The second-order valence-electron chi connectivity index (χ2n) is 11.1. The molecule has 0 radical (unpaired) electrons. The summed E-state index contributed by atoms with van der Waals surface area (Å²) in [6.45, 7) is 4.46. The van der Waals surface area contributed by atoms with Crippen molar-refractivity contribution in [3.8, 4) is 11.3 Å². The number of benzene rings is 1. The molecule has 2 amide bonds. The quantitative estimate of drug-likeness (QED) is 0.375. The number of rotatable bonds is 10. The second-order valence-corrected chi connectivity index (χ2v) is 11.1. The van der Waals surface area contributed by atoms with Crippen LogP contribution in [0.15, 0.2) is 36.5 Å². The van der Waals surface area contributed by atoms with Crippen molar-refractivity contribution in [2.24, 2.45) is 5.92 Å². The van der Waals surface area contributed by atoms with Crippen molar-refractivity contribution in [3.05, 3.63) is 53.2 Å². The van der Waals surface area contributed by atoms with Crippen LogP contribution >= 0.6 is 0 Å². The van der Waals surface area contributed by atoms with Crippen molar-refractivity contribution in [1.82, 2.24) is 24.7 Å². The molecule has 10 nitrogen and oxygen atoms in total. The molecule has 6 rings (SSSR count). The molecule has 3 aromatic rings. The minimum absolute atomic E-state index is 0.198. The summed E-state index contributed by atoms with van der Waals surface area (Å²) < 4.78 is 7.66. The van der Waals surface area contributed by atoms with Gasteiger partial charge in [0, 0.05) is 62.4 Å². The fraction of sp³-hybridized carbons (Fsp3) is 0.467. The molecule has 5 heterocycles. The van der Waals surface area contributed by atoms with E-state index in [0.717, 1.165) is 60.2 Å². The fourth-order valence-corrected chi connectivity index (χ4v) is 6.18. The Balaban J connectivity index is 1.35. The zero-order chi connectivity index (χ0) is 27.8. The lowest BCUT2D eigenvalue weighted by Gasteiger charge is -2.28. The normalized spacial score (nSPS) is 20.1. The Morgan fingerprint density at radius 1 is 1.27 bits per heavy atom. The van der Waals surface area contributed by atoms with Gasteiger partial charge in [0.1, 0.15) is 18.0 Å². The van der Waals surface area contributed by atoms with E-state index in [9.17, 15) is 19.5 Å². The van der Waals surface area contributed by atoms with Crippen LogP contribution in [0.2, 0.25) is 0 Å². The maximum atomic E-state index is 13.3. The SMILES string of the molecule is CNC(=O)C(CCC=O)N1Cc2cc(-c3cc(CN4CCC(CO)C4)c4ccn(C5COC5)c4n3)ccc2C1=O. The minimum atomic E-state index is -0.698. The number of hydrogen-bond acceptors (Lipinski definition) is 7. The van der Waals surface area contributed by atoms with Crippen LogP contribution in [0.3, 0.4) is 0 Å². The molecule has 2 unspecified atom stereocenters. The smallest absolute Gasteiger partial charge is 0.255 e. The average molecular weight is 546 g/mol. The second kappa shape index (κ2) is 11.1. The molecule has 3 aliphatic rings. The number of likely N-dealkylation sites (tertiary alicyclic amines) is 1. The average Bonchev–Trinajstić information content (AvgIpc) is 3.65. The van der Waals surface area contributed by atoms with Crippen LogP contribution < -0.4 is 5.32 Å². The summed E-state index contributed by atoms with van der Waals surface area (Å²) in [7, 11) is 1.54. The summed E-state index contributed by atoms with van der Waals surface area (Å²) in [4.78, 5) is 45.9. The molecule has 3 aliphatic heterocycles. The summed E-state index contributed by atoms with van der Waals surface area (Å²) in [5.74, 6) is -0.154. The third kappa shape index (κ3) is 4.80. The molecule has 0 saturated carbocycles. The predicted molar refractivity (Wildman–Crippen MR) is 149 cm³/mol. The minimum Gasteiger partial charge on any atom is -0.396 e. The molecule has 40 heavy (non-hydrogen) atoms. The number of pyridine rings is 1. The van der Waals surface area contributed by atoms with E-state index in [-0.39, 0.29) is 37.3 Å². The lowest BCUT2D eigenvalue weighted by atomic mass is 10.0. The van der Waals surface area contributed by atoms with Gasteiger partial charge >= 0.3 is 0 Å². The predicted octanol–water partition coefficient (Wildman–Crippen LogP) is 2.14. The summed E-state index contributed by atoms with van der Waals surface area (Å²) >= 11 is 0. The van der Waals surface area contributed by atoms with Gasteiger partial charge in [-0.25, -0.2) is 4.98 Å². The monoisotopic (exact) mass is 545 g/mol. The number of carbonyl (C=O) groups is 3. The van der Waals surface area contributed by atoms with Gasteiger partial charge in [-0.05, 0) is 60.7 Å². The highest BCUT2D eigenvalue weighted by Crippen LogP contribution is 2.34. The molecule has 2 fully saturated rings. The molecule has 2 N–H and O–H groups in total. The first kappa shape index (κ1) is 26.6. The van der Waals surface area contributed by atoms with Crippen LogP contribution in [0.4, 0.5) is 0 Å². The number of likely N-dealkylation sites (N-methyl/N-ethyl adjacent to an activating group) is 1. The van der Waals surface area contributed by atoms with Crippen LogP contribution in [-0.2, 0) is 27.4 Å². The standard InChI is InChI=1S/C30H35N5O5/c1-31-29(38)27(3-2-10-36)35-15-21-11-20(4-5-25(21)30(35)39)26-12-22(14-33-8-6-19(13-33)16-37)24-7-9-34(28(24)32-26)23-17-40-18-23/h4-5,7,9-12,19,23,27,37H,2-3,6,8,13-18H2,1H3,(H,31,38). The Kier molecular flexibility index (Phi) is 7.39. The largest absolute Gasteiger partial charge is 0.396 e. The number of aliphatic hydroxyl groups excluding tert-OH is 1. The first-order valence-electron chi connectivity index (χ1n) is 14.0. The fourth-order valence-electron chi connectivity index (χ4n) is 6.18. The van der Waals surface area contributed by atoms with Gasteiger partial charge in [0.25, 0.3) is 5.91 Å². The van der Waals surface area contributed by atoms with Gasteiger partial charge in [0.05, 0.1) is 24.9 Å². The molecule has 10 heteroatoms. The van der Waals surface area contributed by atoms with Crippen molar-refractivity contribution in [2.75, 3.05) is 40.0 Å². The van der Waals surface area contributed by atoms with Crippen LogP contribution in [0.1, 0.15) is 46.8 Å². The number of carbonyl (C=O) groups excluding carboxylic acids is 3. The number of aromatic nitrogens is 2. The first-order valence-corrected chi connectivity index (χ1v) is 14.0. The van der Waals surface area contributed by atoms with Crippen LogP contribution in [0, 0.1) is 5.92 Å². The van der Waals surface area contributed by atoms with Gasteiger partial charge in [-0.2, -0.15) is 0 Å². The molecule has 0 spiro atoms. The van der Waals surface area contributed by atoms with E-state index in [1.165, 1.54) is 5.56 Å². The van der Waals surface area contributed by atoms with Gasteiger partial charge in [0.2, 0.25) is 5.91 Å². The lowest BCUT2D eigenvalue weighted by Crippen LogP contribution is -2.46. The number of nitrogens with one attached hydrogen (secondary N) is 1. The number of aliphatic hydroxyl groups is 1. The molecule has 2 atom stereocenters. The highest BCUT2D eigenvalue weighted by atomic mass is 16.5. The van der Waals surface area contributed by atoms with E-state index < -0.39 is 6.04 Å². The lowest BCUT2D eigenvalue weighted by molar-refractivity contribution is -0.125. The number of aldehydes is 1. The molecule has 210 valence electrons. The van der Waals surface area contributed by atoms with E-state index in [1.807, 2.05) is 18.2 Å². The van der Waals surface area contributed by atoms with E-state index in [4.69, 9.17) is 9.72 Å². The Morgan fingerprint density at radius 3 is 2.83 bits per heavy atom. The number of fused-ring (bicyclic) bond motifs is 2. The highest BCUT2D eigenvalue weighted by molar-refractivity contribution is 6.01. The van der Waals surface area contributed by atoms with Crippen LogP contribution in [0.5, 0.6) is 0 Å². The number of ether oxygens (including phenoxy) is 1. The van der Waals surface area contributed by atoms with Gasteiger partial charge in [-0.15, -0.1) is 0 Å². The number of nitrogens with zero attached hydrogens (tertiary/aromatic N) is 4. The van der Waals surface area contributed by atoms with E-state index in [0.29, 0.717) is 31.2 Å². The topological polar surface area (TPSA) is 117 Å².